The van der Waals surface area contributed by atoms with Crippen molar-refractivity contribution in [3.05, 3.63) is 101 Å². The van der Waals surface area contributed by atoms with Crippen LogP contribution in [0.3, 0.4) is 0 Å². The van der Waals surface area contributed by atoms with Gasteiger partial charge >= 0.3 is 5.97 Å². The van der Waals surface area contributed by atoms with Gasteiger partial charge in [0.25, 0.3) is 0 Å². The second-order valence-electron chi connectivity index (χ2n) is 6.47. The van der Waals surface area contributed by atoms with E-state index >= 15 is 0 Å². The highest BCUT2D eigenvalue weighted by Gasteiger charge is 2.26. The number of phenolic OH excluding ortho intramolecular Hbond substituents is 1. The molecule has 3 aromatic carbocycles. The van der Waals surface area contributed by atoms with Crippen LogP contribution in [0.25, 0.3) is 0 Å². The summed E-state index contributed by atoms with van der Waals surface area (Å²) < 4.78 is 5.58. The number of aromatic hydroxyl groups is 1. The van der Waals surface area contributed by atoms with E-state index in [0.29, 0.717) is 11.1 Å². The Morgan fingerprint density at radius 3 is 1.78 bits per heavy atom. The summed E-state index contributed by atoms with van der Waals surface area (Å²) >= 11 is 0. The average molecular weight is 360 g/mol. The first-order valence-electron chi connectivity index (χ1n) is 8.61. The molecule has 0 saturated carbocycles. The molecule has 4 heteroatoms. The van der Waals surface area contributed by atoms with Crippen LogP contribution in [-0.4, -0.2) is 16.9 Å². The van der Waals surface area contributed by atoms with E-state index in [-0.39, 0.29) is 17.1 Å². The molecule has 0 bridgehead atoms. The van der Waals surface area contributed by atoms with Gasteiger partial charge in [0, 0.05) is 11.1 Å². The van der Waals surface area contributed by atoms with Crippen molar-refractivity contribution in [3.63, 3.8) is 0 Å². The van der Waals surface area contributed by atoms with E-state index in [9.17, 15) is 14.7 Å². The summed E-state index contributed by atoms with van der Waals surface area (Å²) in [6.45, 7) is 3.89. The molecule has 136 valence electrons. The number of esters is 1. The van der Waals surface area contributed by atoms with Gasteiger partial charge in [-0.3, -0.25) is 4.79 Å². The fourth-order valence-corrected chi connectivity index (χ4v) is 2.66. The van der Waals surface area contributed by atoms with Crippen molar-refractivity contribution in [1.82, 2.24) is 0 Å². The Bertz CT molecular complexity index is 939. The number of phenols is 1. The smallest absolute Gasteiger partial charge is 0.339 e. The molecule has 0 aliphatic heterocycles. The molecule has 0 radical (unpaired) electrons. The summed E-state index contributed by atoms with van der Waals surface area (Å²) in [5.74, 6) is -0.857. The van der Waals surface area contributed by atoms with E-state index in [2.05, 4.69) is 0 Å². The number of ether oxygens (including phenoxy) is 1. The van der Waals surface area contributed by atoms with E-state index in [1.165, 1.54) is 24.3 Å². The number of carbonyl (C=O) groups excluding carboxylic acids is 2. The van der Waals surface area contributed by atoms with Crippen LogP contribution in [0.5, 0.6) is 5.75 Å². The van der Waals surface area contributed by atoms with Gasteiger partial charge in [-0.2, -0.15) is 0 Å². The maximum Gasteiger partial charge on any atom is 0.339 e. The SMILES string of the molecule is Cc1ccc(C(=O)C(OC(=O)c2ccc(O)cc2)c2ccc(C)cc2)cc1. The van der Waals surface area contributed by atoms with Crippen molar-refractivity contribution in [2.45, 2.75) is 20.0 Å². The summed E-state index contributed by atoms with van der Waals surface area (Å²) in [5, 5.41) is 9.38. The number of benzene rings is 3. The molecule has 0 saturated heterocycles. The van der Waals surface area contributed by atoms with Gasteiger partial charge in [-0.1, -0.05) is 59.7 Å². The third kappa shape index (κ3) is 4.42. The monoisotopic (exact) mass is 360 g/mol. The minimum Gasteiger partial charge on any atom is -0.508 e. The number of hydrogen-bond donors (Lipinski definition) is 1. The first-order chi connectivity index (χ1) is 12.9. The number of Topliss-reactive ketones (excluding diaryl/α,β-unsaturated/α-hetero) is 1. The fraction of sp³-hybridized carbons (Fsp3) is 0.130. The minimum absolute atomic E-state index is 0.0531. The van der Waals surface area contributed by atoms with Crippen LogP contribution >= 0.6 is 0 Å². The average Bonchev–Trinajstić information content (AvgIpc) is 2.67. The van der Waals surface area contributed by atoms with Gasteiger partial charge < -0.3 is 9.84 Å². The molecule has 0 fully saturated rings. The largest absolute Gasteiger partial charge is 0.508 e. The second kappa shape index (κ2) is 7.87. The maximum absolute atomic E-state index is 13.0. The highest BCUT2D eigenvalue weighted by Crippen LogP contribution is 2.25. The first-order valence-corrected chi connectivity index (χ1v) is 8.61. The molecule has 1 N–H and O–H groups in total. The minimum atomic E-state index is -1.05. The number of carbonyl (C=O) groups is 2. The molecule has 0 spiro atoms. The lowest BCUT2D eigenvalue weighted by Crippen LogP contribution is -2.20. The standard InChI is InChI=1S/C23H20O4/c1-15-3-7-17(8-4-15)21(25)22(18-9-5-16(2)6-10-18)27-23(26)19-11-13-20(24)14-12-19/h3-14,22,24H,1-2H3. The highest BCUT2D eigenvalue weighted by atomic mass is 16.5. The molecule has 0 heterocycles. The zero-order valence-electron chi connectivity index (χ0n) is 15.2. The van der Waals surface area contributed by atoms with Gasteiger partial charge in [-0.15, -0.1) is 0 Å². The van der Waals surface area contributed by atoms with Gasteiger partial charge in [0.1, 0.15) is 5.75 Å². The summed E-state index contributed by atoms with van der Waals surface area (Å²) in [4.78, 5) is 25.6. The topological polar surface area (TPSA) is 63.6 Å². The van der Waals surface area contributed by atoms with E-state index < -0.39 is 12.1 Å². The number of rotatable bonds is 5. The van der Waals surface area contributed by atoms with E-state index in [1.54, 1.807) is 24.3 Å². The Morgan fingerprint density at radius 2 is 1.22 bits per heavy atom. The summed E-state index contributed by atoms with van der Waals surface area (Å²) in [6, 6.07) is 20.2. The third-order valence-corrected chi connectivity index (χ3v) is 4.28. The lowest BCUT2D eigenvalue weighted by molar-refractivity contribution is 0.0280. The first kappa shape index (κ1) is 18.4. The molecular weight excluding hydrogens is 340 g/mol. The molecule has 1 unspecified atom stereocenters. The molecular formula is C23H20O4. The predicted octanol–water partition coefficient (Wildman–Crippen LogP) is 4.79. The lowest BCUT2D eigenvalue weighted by atomic mass is 9.98. The van der Waals surface area contributed by atoms with Crippen LogP contribution < -0.4 is 0 Å². The van der Waals surface area contributed by atoms with Crippen LogP contribution in [0.2, 0.25) is 0 Å². The zero-order valence-corrected chi connectivity index (χ0v) is 15.2. The van der Waals surface area contributed by atoms with Crippen molar-refractivity contribution in [3.8, 4) is 5.75 Å². The Morgan fingerprint density at radius 1 is 0.741 bits per heavy atom. The van der Waals surface area contributed by atoms with Gasteiger partial charge in [0.2, 0.25) is 5.78 Å². The lowest BCUT2D eigenvalue weighted by Gasteiger charge is -2.18. The van der Waals surface area contributed by atoms with Crippen LogP contribution in [0.1, 0.15) is 43.5 Å². The Hall–Kier alpha value is -3.40. The van der Waals surface area contributed by atoms with Crippen molar-refractivity contribution in [1.29, 1.82) is 0 Å². The van der Waals surface area contributed by atoms with Crippen molar-refractivity contribution in [2.75, 3.05) is 0 Å². The maximum atomic E-state index is 13.0. The summed E-state index contributed by atoms with van der Waals surface area (Å²) in [7, 11) is 0. The van der Waals surface area contributed by atoms with Crippen LogP contribution in [0.4, 0.5) is 0 Å². The van der Waals surface area contributed by atoms with Gasteiger partial charge in [-0.25, -0.2) is 4.79 Å². The van der Waals surface area contributed by atoms with Crippen LogP contribution in [0.15, 0.2) is 72.8 Å². The molecule has 27 heavy (non-hydrogen) atoms. The molecule has 1 atom stereocenters. The molecule has 3 aromatic rings. The third-order valence-electron chi connectivity index (χ3n) is 4.28. The normalized spacial score (nSPS) is 11.6. The number of ketones is 1. The van der Waals surface area contributed by atoms with Crippen LogP contribution in [0, 0.1) is 13.8 Å². The highest BCUT2D eigenvalue weighted by molar-refractivity contribution is 6.02. The molecule has 0 aliphatic carbocycles. The van der Waals surface area contributed by atoms with Gasteiger partial charge in [0.15, 0.2) is 6.10 Å². The number of aryl methyl sites for hydroxylation is 2. The van der Waals surface area contributed by atoms with Gasteiger partial charge in [0.05, 0.1) is 5.56 Å². The van der Waals surface area contributed by atoms with E-state index in [1.807, 2.05) is 38.1 Å². The van der Waals surface area contributed by atoms with Crippen molar-refractivity contribution >= 4 is 11.8 Å². The molecule has 3 rings (SSSR count). The summed E-state index contributed by atoms with van der Waals surface area (Å²) in [6.07, 6.45) is -1.05. The fourth-order valence-electron chi connectivity index (χ4n) is 2.66. The molecule has 0 aliphatic rings. The quantitative estimate of drug-likeness (QED) is 0.525. The summed E-state index contributed by atoms with van der Waals surface area (Å²) in [5.41, 5.74) is 3.44. The van der Waals surface area contributed by atoms with Gasteiger partial charge in [-0.05, 0) is 38.1 Å². The molecule has 0 aromatic heterocycles. The number of hydrogen-bond acceptors (Lipinski definition) is 4. The van der Waals surface area contributed by atoms with Crippen molar-refractivity contribution < 1.29 is 19.4 Å². The zero-order chi connectivity index (χ0) is 19.4. The molecule has 4 nitrogen and oxygen atoms in total. The Balaban J connectivity index is 1.93. The Labute approximate surface area is 158 Å². The second-order valence-corrected chi connectivity index (χ2v) is 6.47. The molecule has 0 amide bonds. The van der Waals surface area contributed by atoms with Crippen molar-refractivity contribution in [2.24, 2.45) is 0 Å². The predicted molar refractivity (Wildman–Crippen MR) is 103 cm³/mol. The Kier molecular flexibility index (Phi) is 5.36. The van der Waals surface area contributed by atoms with Crippen LogP contribution in [-0.2, 0) is 4.74 Å². The van der Waals surface area contributed by atoms with E-state index in [0.717, 1.165) is 11.1 Å². The van der Waals surface area contributed by atoms with E-state index in [4.69, 9.17) is 4.74 Å².